The summed E-state index contributed by atoms with van der Waals surface area (Å²) >= 11 is 0. The van der Waals surface area contributed by atoms with Crippen LogP contribution in [0.5, 0.6) is 5.75 Å². The Morgan fingerprint density at radius 2 is 2.30 bits per heavy atom. The molecular weight excluding hydrogens is 254 g/mol. The SMILES string of the molecule is COc1ccccc1/C=C/C(=O)N1CCCC(CO)C1. The highest BCUT2D eigenvalue weighted by atomic mass is 16.5. The van der Waals surface area contributed by atoms with E-state index in [4.69, 9.17) is 4.74 Å². The van der Waals surface area contributed by atoms with Crippen molar-refractivity contribution >= 4 is 12.0 Å². The first-order chi connectivity index (χ1) is 9.74. The van der Waals surface area contributed by atoms with E-state index in [9.17, 15) is 9.90 Å². The van der Waals surface area contributed by atoms with Gasteiger partial charge >= 0.3 is 0 Å². The number of hydrogen-bond acceptors (Lipinski definition) is 3. The highest BCUT2D eigenvalue weighted by Gasteiger charge is 2.21. The van der Waals surface area contributed by atoms with E-state index in [0.29, 0.717) is 6.54 Å². The van der Waals surface area contributed by atoms with Gasteiger partial charge in [-0.2, -0.15) is 0 Å². The zero-order chi connectivity index (χ0) is 14.4. The van der Waals surface area contributed by atoms with Crippen molar-refractivity contribution in [1.82, 2.24) is 4.90 Å². The van der Waals surface area contributed by atoms with Crippen molar-refractivity contribution in [2.24, 2.45) is 5.92 Å². The lowest BCUT2D eigenvalue weighted by Crippen LogP contribution is -2.40. The minimum absolute atomic E-state index is 0.00550. The maximum atomic E-state index is 12.1. The molecule has 0 spiro atoms. The second kappa shape index (κ2) is 7.10. The fourth-order valence-corrected chi connectivity index (χ4v) is 2.48. The fraction of sp³-hybridized carbons (Fsp3) is 0.438. The predicted molar refractivity (Wildman–Crippen MR) is 78.4 cm³/mol. The van der Waals surface area contributed by atoms with Gasteiger partial charge in [-0.05, 0) is 30.9 Å². The molecule has 4 nitrogen and oxygen atoms in total. The van der Waals surface area contributed by atoms with Crippen LogP contribution in [0.1, 0.15) is 18.4 Å². The minimum atomic E-state index is -0.00550. The molecule has 1 aromatic rings. The molecular formula is C16H21NO3. The van der Waals surface area contributed by atoms with Gasteiger partial charge < -0.3 is 14.7 Å². The number of carbonyl (C=O) groups is 1. The molecule has 1 atom stereocenters. The van der Waals surface area contributed by atoms with Crippen molar-refractivity contribution in [1.29, 1.82) is 0 Å². The van der Waals surface area contributed by atoms with Crippen LogP contribution in [-0.4, -0.2) is 42.7 Å². The molecule has 1 saturated heterocycles. The van der Waals surface area contributed by atoms with Crippen molar-refractivity contribution in [3.8, 4) is 5.75 Å². The smallest absolute Gasteiger partial charge is 0.246 e. The second-order valence-corrected chi connectivity index (χ2v) is 5.05. The van der Waals surface area contributed by atoms with Gasteiger partial charge in [0.05, 0.1) is 7.11 Å². The standard InChI is InChI=1S/C16H21NO3/c1-20-15-7-3-2-6-14(15)8-9-16(19)17-10-4-5-13(11-17)12-18/h2-3,6-9,13,18H,4-5,10-12H2,1H3/b9-8+. The highest BCUT2D eigenvalue weighted by molar-refractivity contribution is 5.92. The molecule has 1 N–H and O–H groups in total. The number of hydrogen-bond donors (Lipinski definition) is 1. The molecule has 20 heavy (non-hydrogen) atoms. The molecule has 0 bridgehead atoms. The average Bonchev–Trinajstić information content (AvgIpc) is 2.52. The van der Waals surface area contributed by atoms with Gasteiger partial charge in [-0.15, -0.1) is 0 Å². The van der Waals surface area contributed by atoms with Gasteiger partial charge in [0.1, 0.15) is 5.75 Å². The molecule has 1 amide bonds. The molecule has 0 saturated carbocycles. The van der Waals surface area contributed by atoms with E-state index in [1.807, 2.05) is 24.3 Å². The van der Waals surface area contributed by atoms with E-state index in [-0.39, 0.29) is 18.4 Å². The summed E-state index contributed by atoms with van der Waals surface area (Å²) in [5.41, 5.74) is 0.888. The van der Waals surface area contributed by atoms with Crippen LogP contribution >= 0.6 is 0 Å². The van der Waals surface area contributed by atoms with Crippen LogP contribution in [0.3, 0.4) is 0 Å². The number of benzene rings is 1. The quantitative estimate of drug-likeness (QED) is 0.854. The maximum Gasteiger partial charge on any atom is 0.246 e. The first-order valence-electron chi connectivity index (χ1n) is 6.95. The number of piperidine rings is 1. The lowest BCUT2D eigenvalue weighted by Gasteiger charge is -2.31. The molecule has 1 aliphatic heterocycles. The van der Waals surface area contributed by atoms with Crippen molar-refractivity contribution in [2.45, 2.75) is 12.8 Å². The van der Waals surface area contributed by atoms with Crippen LogP contribution in [0.4, 0.5) is 0 Å². The predicted octanol–water partition coefficient (Wildman–Crippen LogP) is 1.94. The number of likely N-dealkylation sites (tertiary alicyclic amines) is 1. The van der Waals surface area contributed by atoms with E-state index < -0.39 is 0 Å². The summed E-state index contributed by atoms with van der Waals surface area (Å²) < 4.78 is 5.25. The molecule has 1 unspecified atom stereocenters. The highest BCUT2D eigenvalue weighted by Crippen LogP contribution is 2.20. The van der Waals surface area contributed by atoms with Crippen LogP contribution in [0.2, 0.25) is 0 Å². The molecule has 0 aliphatic carbocycles. The zero-order valence-corrected chi connectivity index (χ0v) is 11.8. The molecule has 1 aliphatic rings. The summed E-state index contributed by atoms with van der Waals surface area (Å²) in [6.45, 7) is 1.57. The summed E-state index contributed by atoms with van der Waals surface area (Å²) in [7, 11) is 1.62. The number of para-hydroxylation sites is 1. The van der Waals surface area contributed by atoms with Gasteiger partial charge in [0.25, 0.3) is 0 Å². The Labute approximate surface area is 119 Å². The van der Waals surface area contributed by atoms with E-state index in [0.717, 1.165) is 30.7 Å². The van der Waals surface area contributed by atoms with Gasteiger partial charge in [-0.1, -0.05) is 18.2 Å². The average molecular weight is 275 g/mol. The number of nitrogens with zero attached hydrogens (tertiary/aromatic N) is 1. The van der Waals surface area contributed by atoms with Crippen molar-refractivity contribution in [2.75, 3.05) is 26.8 Å². The largest absolute Gasteiger partial charge is 0.496 e. The lowest BCUT2D eigenvalue weighted by atomic mass is 9.99. The number of methoxy groups -OCH3 is 1. The minimum Gasteiger partial charge on any atom is -0.496 e. The number of aliphatic hydroxyl groups is 1. The molecule has 4 heteroatoms. The van der Waals surface area contributed by atoms with Crippen LogP contribution in [-0.2, 0) is 4.79 Å². The normalized spacial score (nSPS) is 19.3. The first kappa shape index (κ1) is 14.6. The topological polar surface area (TPSA) is 49.8 Å². The number of ether oxygens (including phenoxy) is 1. The molecule has 2 rings (SSSR count). The Bertz CT molecular complexity index is 484. The van der Waals surface area contributed by atoms with Crippen LogP contribution in [0.15, 0.2) is 30.3 Å². The third-order valence-electron chi connectivity index (χ3n) is 3.63. The van der Waals surface area contributed by atoms with Crippen LogP contribution < -0.4 is 4.74 Å². The molecule has 1 fully saturated rings. The van der Waals surface area contributed by atoms with Crippen molar-refractivity contribution in [3.63, 3.8) is 0 Å². The third-order valence-corrected chi connectivity index (χ3v) is 3.63. The van der Waals surface area contributed by atoms with E-state index in [1.165, 1.54) is 0 Å². The van der Waals surface area contributed by atoms with E-state index >= 15 is 0 Å². The van der Waals surface area contributed by atoms with Gasteiger partial charge in [0, 0.05) is 31.3 Å². The Morgan fingerprint density at radius 1 is 1.50 bits per heavy atom. The van der Waals surface area contributed by atoms with E-state index in [2.05, 4.69) is 0 Å². The summed E-state index contributed by atoms with van der Waals surface area (Å²) in [5, 5.41) is 9.19. The second-order valence-electron chi connectivity index (χ2n) is 5.05. The number of amides is 1. The van der Waals surface area contributed by atoms with Crippen molar-refractivity contribution < 1.29 is 14.6 Å². The van der Waals surface area contributed by atoms with Gasteiger partial charge in [-0.3, -0.25) is 4.79 Å². The molecule has 108 valence electrons. The summed E-state index contributed by atoms with van der Waals surface area (Å²) in [4.78, 5) is 14.0. The van der Waals surface area contributed by atoms with Gasteiger partial charge in [0.2, 0.25) is 5.91 Å². The Hall–Kier alpha value is -1.81. The fourth-order valence-electron chi connectivity index (χ4n) is 2.48. The lowest BCUT2D eigenvalue weighted by molar-refractivity contribution is -0.127. The summed E-state index contributed by atoms with van der Waals surface area (Å²) in [6, 6.07) is 7.59. The van der Waals surface area contributed by atoms with Gasteiger partial charge in [-0.25, -0.2) is 0 Å². The number of aliphatic hydroxyl groups excluding tert-OH is 1. The van der Waals surface area contributed by atoms with Crippen molar-refractivity contribution in [3.05, 3.63) is 35.9 Å². The Balaban J connectivity index is 2.01. The zero-order valence-electron chi connectivity index (χ0n) is 11.8. The Morgan fingerprint density at radius 3 is 3.05 bits per heavy atom. The number of rotatable bonds is 4. The van der Waals surface area contributed by atoms with Gasteiger partial charge in [0.15, 0.2) is 0 Å². The van der Waals surface area contributed by atoms with E-state index in [1.54, 1.807) is 24.2 Å². The summed E-state index contributed by atoms with van der Waals surface area (Å²) in [6.07, 6.45) is 5.32. The third kappa shape index (κ3) is 3.61. The monoisotopic (exact) mass is 275 g/mol. The maximum absolute atomic E-state index is 12.1. The molecule has 1 aromatic carbocycles. The number of carbonyl (C=O) groups excluding carboxylic acids is 1. The van der Waals surface area contributed by atoms with Crippen LogP contribution in [0, 0.1) is 5.92 Å². The van der Waals surface area contributed by atoms with Crippen LogP contribution in [0.25, 0.3) is 6.08 Å². The molecule has 0 aromatic heterocycles. The summed E-state index contributed by atoms with van der Waals surface area (Å²) in [5.74, 6) is 0.963. The first-order valence-corrected chi connectivity index (χ1v) is 6.95. The molecule has 0 radical (unpaired) electrons. The molecule has 1 heterocycles. The Kier molecular flexibility index (Phi) is 5.18.